The second-order valence-corrected chi connectivity index (χ2v) is 7.98. The van der Waals surface area contributed by atoms with Crippen LogP contribution in [0.25, 0.3) is 0 Å². The molecule has 122 valence electrons. The maximum atomic E-state index is 13.9. The van der Waals surface area contributed by atoms with Crippen molar-refractivity contribution in [3.63, 3.8) is 0 Å². The summed E-state index contributed by atoms with van der Waals surface area (Å²) in [6, 6.07) is 29.0. The lowest BCUT2D eigenvalue weighted by Gasteiger charge is -2.25. The van der Waals surface area contributed by atoms with Crippen molar-refractivity contribution in [2.75, 3.05) is 0 Å². The van der Waals surface area contributed by atoms with Gasteiger partial charge in [-0.2, -0.15) is 0 Å². The highest BCUT2D eigenvalue weighted by Gasteiger charge is 2.31. The standard InChI is InChI=1S/C21H21O2P/c1-2-21(18-12-6-3-7-13-18)23-24(22,19-14-8-4-9-15-19)20-16-10-5-11-17-20/h3-17,21H,2H2,1H3. The van der Waals surface area contributed by atoms with E-state index in [4.69, 9.17) is 4.52 Å². The highest BCUT2D eigenvalue weighted by molar-refractivity contribution is 7.74. The van der Waals surface area contributed by atoms with E-state index in [9.17, 15) is 4.57 Å². The summed E-state index contributed by atoms with van der Waals surface area (Å²) in [6.07, 6.45) is 0.547. The predicted octanol–water partition coefficient (Wildman–Crippen LogP) is 5.08. The molecule has 0 aliphatic heterocycles. The second-order valence-electron chi connectivity index (χ2n) is 5.64. The van der Waals surface area contributed by atoms with Crippen LogP contribution in [0.4, 0.5) is 0 Å². The average Bonchev–Trinajstić information content (AvgIpc) is 2.68. The Hall–Kier alpha value is -2.15. The fraction of sp³-hybridized carbons (Fsp3) is 0.143. The van der Waals surface area contributed by atoms with Crippen LogP contribution in [0.2, 0.25) is 0 Å². The largest absolute Gasteiger partial charge is 0.314 e. The van der Waals surface area contributed by atoms with E-state index in [-0.39, 0.29) is 6.10 Å². The quantitative estimate of drug-likeness (QED) is 0.587. The van der Waals surface area contributed by atoms with Crippen molar-refractivity contribution in [2.45, 2.75) is 19.4 Å². The van der Waals surface area contributed by atoms with Crippen LogP contribution in [0.15, 0.2) is 91.0 Å². The Morgan fingerprint density at radius 2 is 1.17 bits per heavy atom. The molecular formula is C21H21O2P. The summed E-state index contributed by atoms with van der Waals surface area (Å²) in [5, 5.41) is 1.45. The van der Waals surface area contributed by atoms with Crippen LogP contribution in [0, 0.1) is 0 Å². The molecular weight excluding hydrogens is 315 g/mol. The van der Waals surface area contributed by atoms with E-state index in [0.29, 0.717) is 0 Å². The lowest BCUT2D eigenvalue weighted by molar-refractivity contribution is 0.212. The predicted molar refractivity (Wildman–Crippen MR) is 100 cm³/mol. The van der Waals surface area contributed by atoms with Gasteiger partial charge in [-0.05, 0) is 36.2 Å². The Morgan fingerprint density at radius 1 is 0.750 bits per heavy atom. The Labute approximate surface area is 143 Å². The lowest BCUT2D eigenvalue weighted by atomic mass is 10.1. The molecule has 0 saturated carbocycles. The van der Waals surface area contributed by atoms with Gasteiger partial charge in [-0.15, -0.1) is 0 Å². The van der Waals surface area contributed by atoms with Crippen molar-refractivity contribution < 1.29 is 9.09 Å². The topological polar surface area (TPSA) is 26.3 Å². The monoisotopic (exact) mass is 336 g/mol. The minimum Gasteiger partial charge on any atom is -0.314 e. The van der Waals surface area contributed by atoms with Gasteiger partial charge in [-0.1, -0.05) is 73.7 Å². The first-order valence-electron chi connectivity index (χ1n) is 8.18. The Bertz CT molecular complexity index is 758. The molecule has 0 amide bonds. The normalized spacial score (nSPS) is 12.7. The SMILES string of the molecule is CCC(OP(=O)(c1ccccc1)c1ccccc1)c1ccccc1. The molecule has 0 heterocycles. The van der Waals surface area contributed by atoms with E-state index in [1.807, 2.05) is 91.0 Å². The Balaban J connectivity index is 2.04. The highest BCUT2D eigenvalue weighted by atomic mass is 31.2. The zero-order valence-electron chi connectivity index (χ0n) is 13.7. The van der Waals surface area contributed by atoms with Crippen LogP contribution in [0.1, 0.15) is 25.0 Å². The molecule has 1 unspecified atom stereocenters. The van der Waals surface area contributed by atoms with Gasteiger partial charge in [0.2, 0.25) is 0 Å². The van der Waals surface area contributed by atoms with Gasteiger partial charge < -0.3 is 4.52 Å². The minimum atomic E-state index is -3.16. The zero-order chi connectivity index (χ0) is 16.8. The number of hydrogen-bond donors (Lipinski definition) is 0. The summed E-state index contributed by atoms with van der Waals surface area (Å²) in [7, 11) is -3.16. The Kier molecular flexibility index (Phi) is 5.30. The van der Waals surface area contributed by atoms with Crippen LogP contribution in [-0.2, 0) is 9.09 Å². The smallest absolute Gasteiger partial charge is 0.261 e. The van der Waals surface area contributed by atoms with Gasteiger partial charge in [-0.25, -0.2) is 0 Å². The second kappa shape index (κ2) is 7.61. The van der Waals surface area contributed by atoms with Gasteiger partial charge in [0, 0.05) is 10.6 Å². The molecule has 0 aliphatic carbocycles. The molecule has 24 heavy (non-hydrogen) atoms. The fourth-order valence-corrected chi connectivity index (χ4v) is 5.04. The summed E-state index contributed by atoms with van der Waals surface area (Å²) in [4.78, 5) is 0. The Morgan fingerprint density at radius 3 is 1.58 bits per heavy atom. The van der Waals surface area contributed by atoms with Gasteiger partial charge in [0.25, 0.3) is 7.37 Å². The van der Waals surface area contributed by atoms with Crippen molar-refractivity contribution in [3.8, 4) is 0 Å². The number of benzene rings is 3. The third-order valence-corrected chi connectivity index (χ3v) is 6.52. The fourth-order valence-electron chi connectivity index (χ4n) is 2.74. The molecule has 0 aromatic heterocycles. The van der Waals surface area contributed by atoms with Crippen LogP contribution >= 0.6 is 7.37 Å². The maximum Gasteiger partial charge on any atom is 0.261 e. The molecule has 3 rings (SSSR count). The first kappa shape index (κ1) is 16.7. The van der Waals surface area contributed by atoms with Gasteiger partial charge in [0.15, 0.2) is 0 Å². The van der Waals surface area contributed by atoms with E-state index < -0.39 is 7.37 Å². The summed E-state index contributed by atoms with van der Waals surface area (Å²) < 4.78 is 20.2. The van der Waals surface area contributed by atoms with Crippen LogP contribution in [0.3, 0.4) is 0 Å². The van der Waals surface area contributed by atoms with Crippen LogP contribution < -0.4 is 10.6 Å². The van der Waals surface area contributed by atoms with E-state index >= 15 is 0 Å². The molecule has 0 fully saturated rings. The van der Waals surface area contributed by atoms with E-state index in [1.165, 1.54) is 0 Å². The lowest BCUT2D eigenvalue weighted by Crippen LogP contribution is -2.20. The minimum absolute atomic E-state index is 0.211. The van der Waals surface area contributed by atoms with E-state index in [2.05, 4.69) is 6.92 Å². The molecule has 3 heteroatoms. The van der Waals surface area contributed by atoms with Crippen molar-refractivity contribution in [1.82, 2.24) is 0 Å². The molecule has 0 bridgehead atoms. The van der Waals surface area contributed by atoms with Crippen molar-refractivity contribution in [2.24, 2.45) is 0 Å². The summed E-state index contributed by atoms with van der Waals surface area (Å²) in [5.41, 5.74) is 1.05. The molecule has 0 N–H and O–H groups in total. The average molecular weight is 336 g/mol. The molecule has 0 radical (unpaired) electrons. The molecule has 2 nitrogen and oxygen atoms in total. The van der Waals surface area contributed by atoms with Crippen molar-refractivity contribution in [1.29, 1.82) is 0 Å². The molecule has 3 aromatic rings. The van der Waals surface area contributed by atoms with E-state index in [1.54, 1.807) is 0 Å². The third-order valence-electron chi connectivity index (χ3n) is 4.01. The first-order valence-corrected chi connectivity index (χ1v) is 9.81. The van der Waals surface area contributed by atoms with Gasteiger partial charge >= 0.3 is 0 Å². The molecule has 0 aliphatic rings. The first-order chi connectivity index (χ1) is 11.7. The van der Waals surface area contributed by atoms with Gasteiger partial charge in [0.05, 0.1) is 6.10 Å². The number of hydrogen-bond acceptors (Lipinski definition) is 2. The van der Waals surface area contributed by atoms with Crippen molar-refractivity contribution >= 4 is 18.0 Å². The van der Waals surface area contributed by atoms with Gasteiger partial charge in [-0.3, -0.25) is 4.57 Å². The molecule has 0 spiro atoms. The van der Waals surface area contributed by atoms with Gasteiger partial charge in [0.1, 0.15) is 0 Å². The summed E-state index contributed by atoms with van der Waals surface area (Å²) >= 11 is 0. The molecule has 3 aromatic carbocycles. The highest BCUT2D eigenvalue weighted by Crippen LogP contribution is 2.49. The van der Waals surface area contributed by atoms with Crippen LogP contribution in [-0.4, -0.2) is 0 Å². The molecule has 0 saturated heterocycles. The maximum absolute atomic E-state index is 13.9. The summed E-state index contributed by atoms with van der Waals surface area (Å²) in [6.45, 7) is 2.05. The zero-order valence-corrected chi connectivity index (χ0v) is 14.6. The third kappa shape index (κ3) is 3.51. The number of rotatable bonds is 6. The van der Waals surface area contributed by atoms with Crippen molar-refractivity contribution in [3.05, 3.63) is 96.6 Å². The van der Waals surface area contributed by atoms with Crippen LogP contribution in [0.5, 0.6) is 0 Å². The molecule has 1 atom stereocenters. The van der Waals surface area contributed by atoms with E-state index in [0.717, 1.165) is 22.6 Å². The summed E-state index contributed by atoms with van der Waals surface area (Å²) in [5.74, 6) is 0.